The van der Waals surface area contributed by atoms with Crippen LogP contribution >= 0.6 is 0 Å². The number of nitrogens with zero attached hydrogens (tertiary/aromatic N) is 1. The molecular weight excluding hydrogens is 272 g/mol. The Morgan fingerprint density at radius 1 is 1.24 bits per heavy atom. The number of rotatable bonds is 5. The fourth-order valence-electron chi connectivity index (χ4n) is 1.69. The van der Waals surface area contributed by atoms with Gasteiger partial charge in [0.15, 0.2) is 0 Å². The van der Waals surface area contributed by atoms with E-state index < -0.39 is 6.09 Å². The molecule has 0 saturated carbocycles. The molecule has 6 heteroatoms. The van der Waals surface area contributed by atoms with Gasteiger partial charge in [0.1, 0.15) is 18.1 Å². The maximum Gasteiger partial charge on any atom is 0.412 e. The van der Waals surface area contributed by atoms with E-state index in [1.807, 2.05) is 6.07 Å². The first-order valence-electron chi connectivity index (χ1n) is 6.27. The molecule has 0 spiro atoms. The smallest absolute Gasteiger partial charge is 0.412 e. The number of amides is 1. The third-order valence-corrected chi connectivity index (χ3v) is 2.74. The van der Waals surface area contributed by atoms with Gasteiger partial charge in [-0.05, 0) is 18.2 Å². The molecule has 6 nitrogen and oxygen atoms in total. The summed E-state index contributed by atoms with van der Waals surface area (Å²) in [5, 5.41) is 2.62. The van der Waals surface area contributed by atoms with Gasteiger partial charge in [0.25, 0.3) is 0 Å². The zero-order valence-electron chi connectivity index (χ0n) is 11.8. The van der Waals surface area contributed by atoms with Crippen molar-refractivity contribution in [3.05, 3.63) is 48.3 Å². The number of pyridine rings is 1. The van der Waals surface area contributed by atoms with Crippen LogP contribution in [0.25, 0.3) is 0 Å². The predicted molar refractivity (Wildman–Crippen MR) is 77.6 cm³/mol. The molecule has 0 bridgehead atoms. The number of hydrogen-bond acceptors (Lipinski definition) is 5. The van der Waals surface area contributed by atoms with Crippen molar-refractivity contribution in [2.75, 3.05) is 19.5 Å². The summed E-state index contributed by atoms with van der Waals surface area (Å²) in [6.07, 6.45) is 2.72. The summed E-state index contributed by atoms with van der Waals surface area (Å²) in [6, 6.07) is 8.71. The van der Waals surface area contributed by atoms with Crippen LogP contribution in [0.4, 0.5) is 10.5 Å². The highest BCUT2D eigenvalue weighted by atomic mass is 16.5. The molecule has 0 atom stereocenters. The molecule has 1 amide bonds. The van der Waals surface area contributed by atoms with Gasteiger partial charge >= 0.3 is 6.09 Å². The van der Waals surface area contributed by atoms with Gasteiger partial charge in [-0.2, -0.15) is 0 Å². The molecule has 110 valence electrons. The molecule has 0 aliphatic carbocycles. The Hall–Kier alpha value is -2.76. The number of carbonyl (C=O) groups is 1. The highest BCUT2D eigenvalue weighted by Crippen LogP contribution is 2.28. The molecule has 1 heterocycles. The van der Waals surface area contributed by atoms with E-state index in [1.165, 1.54) is 7.11 Å². The van der Waals surface area contributed by atoms with Gasteiger partial charge < -0.3 is 14.2 Å². The van der Waals surface area contributed by atoms with Gasteiger partial charge in [-0.1, -0.05) is 6.07 Å². The number of benzene rings is 1. The van der Waals surface area contributed by atoms with Crippen molar-refractivity contribution in [2.45, 2.75) is 6.61 Å². The average Bonchev–Trinajstić information content (AvgIpc) is 2.54. The minimum atomic E-state index is -0.578. The van der Waals surface area contributed by atoms with E-state index in [1.54, 1.807) is 43.8 Å². The maximum atomic E-state index is 11.8. The normalized spacial score (nSPS) is 9.81. The molecule has 1 N–H and O–H groups in total. The molecule has 0 radical (unpaired) electrons. The number of anilines is 1. The van der Waals surface area contributed by atoms with Gasteiger partial charge in [-0.3, -0.25) is 10.3 Å². The summed E-state index contributed by atoms with van der Waals surface area (Å²) in [5.74, 6) is 1.13. The van der Waals surface area contributed by atoms with E-state index in [0.29, 0.717) is 17.2 Å². The van der Waals surface area contributed by atoms with Gasteiger partial charge in [-0.25, -0.2) is 4.79 Å². The quantitative estimate of drug-likeness (QED) is 0.916. The van der Waals surface area contributed by atoms with E-state index in [0.717, 1.165) is 5.56 Å². The van der Waals surface area contributed by atoms with Crippen LogP contribution in [0.2, 0.25) is 0 Å². The molecule has 0 aliphatic heterocycles. The SMILES string of the molecule is COc1ccc(OC)c(NC(=O)OCc2cccnc2)c1. The number of aromatic nitrogens is 1. The Kier molecular flexibility index (Phi) is 4.98. The highest BCUT2D eigenvalue weighted by Gasteiger charge is 2.10. The lowest BCUT2D eigenvalue weighted by Gasteiger charge is -2.12. The van der Waals surface area contributed by atoms with Crippen LogP contribution in [-0.4, -0.2) is 25.3 Å². The first-order chi connectivity index (χ1) is 10.2. The molecule has 21 heavy (non-hydrogen) atoms. The van der Waals surface area contributed by atoms with Crippen molar-refractivity contribution in [1.82, 2.24) is 4.98 Å². The minimum Gasteiger partial charge on any atom is -0.497 e. The summed E-state index contributed by atoms with van der Waals surface area (Å²) >= 11 is 0. The van der Waals surface area contributed by atoms with E-state index in [4.69, 9.17) is 14.2 Å². The van der Waals surface area contributed by atoms with Crippen LogP contribution in [0.5, 0.6) is 11.5 Å². The van der Waals surface area contributed by atoms with E-state index in [9.17, 15) is 4.79 Å². The predicted octanol–water partition coefficient (Wildman–Crippen LogP) is 2.85. The number of methoxy groups -OCH3 is 2. The number of hydrogen-bond donors (Lipinski definition) is 1. The Balaban J connectivity index is 1.99. The van der Waals surface area contributed by atoms with E-state index >= 15 is 0 Å². The van der Waals surface area contributed by atoms with Crippen molar-refractivity contribution in [3.8, 4) is 11.5 Å². The monoisotopic (exact) mass is 288 g/mol. The van der Waals surface area contributed by atoms with Crippen LogP contribution in [0, 0.1) is 0 Å². The van der Waals surface area contributed by atoms with Crippen LogP contribution in [-0.2, 0) is 11.3 Å². The number of carbonyl (C=O) groups excluding carboxylic acids is 1. The summed E-state index contributed by atoms with van der Waals surface area (Å²) in [4.78, 5) is 15.8. The van der Waals surface area contributed by atoms with Gasteiger partial charge in [-0.15, -0.1) is 0 Å². The summed E-state index contributed by atoms with van der Waals surface area (Å²) < 4.78 is 15.4. The third kappa shape index (κ3) is 4.10. The number of ether oxygens (including phenoxy) is 3. The summed E-state index contributed by atoms with van der Waals surface area (Å²) in [7, 11) is 3.07. The molecule has 1 aromatic carbocycles. The summed E-state index contributed by atoms with van der Waals surface area (Å²) in [5.41, 5.74) is 1.29. The molecule has 0 fully saturated rings. The second-order valence-corrected chi connectivity index (χ2v) is 4.13. The molecular formula is C15H16N2O4. The molecule has 0 unspecified atom stereocenters. The van der Waals surface area contributed by atoms with E-state index in [2.05, 4.69) is 10.3 Å². The van der Waals surface area contributed by atoms with E-state index in [-0.39, 0.29) is 6.61 Å². The second-order valence-electron chi connectivity index (χ2n) is 4.13. The number of nitrogens with one attached hydrogen (secondary N) is 1. The Labute approximate surface area is 122 Å². The van der Waals surface area contributed by atoms with Gasteiger partial charge in [0.05, 0.1) is 19.9 Å². The van der Waals surface area contributed by atoms with Crippen molar-refractivity contribution in [1.29, 1.82) is 0 Å². The maximum absolute atomic E-state index is 11.8. The van der Waals surface area contributed by atoms with Crippen LogP contribution in [0.3, 0.4) is 0 Å². The Morgan fingerprint density at radius 2 is 2.10 bits per heavy atom. The van der Waals surface area contributed by atoms with Crippen LogP contribution in [0.15, 0.2) is 42.7 Å². The van der Waals surface area contributed by atoms with Crippen LogP contribution < -0.4 is 14.8 Å². The first kappa shape index (κ1) is 14.6. The topological polar surface area (TPSA) is 69.7 Å². The van der Waals surface area contributed by atoms with Gasteiger partial charge in [0.2, 0.25) is 0 Å². The Bertz CT molecular complexity index is 602. The fraction of sp³-hybridized carbons (Fsp3) is 0.200. The van der Waals surface area contributed by atoms with Gasteiger partial charge in [0, 0.05) is 24.0 Å². The largest absolute Gasteiger partial charge is 0.497 e. The fourth-order valence-corrected chi connectivity index (χ4v) is 1.69. The zero-order chi connectivity index (χ0) is 15.1. The Morgan fingerprint density at radius 3 is 2.76 bits per heavy atom. The highest BCUT2D eigenvalue weighted by molar-refractivity contribution is 5.87. The van der Waals surface area contributed by atoms with Crippen molar-refractivity contribution >= 4 is 11.8 Å². The van der Waals surface area contributed by atoms with Crippen molar-refractivity contribution in [3.63, 3.8) is 0 Å². The lowest BCUT2D eigenvalue weighted by atomic mass is 10.2. The standard InChI is InChI=1S/C15H16N2O4/c1-19-12-5-6-14(20-2)13(8-12)17-15(18)21-10-11-4-3-7-16-9-11/h3-9H,10H2,1-2H3,(H,17,18). The average molecular weight is 288 g/mol. The summed E-state index contributed by atoms with van der Waals surface area (Å²) in [6.45, 7) is 0.145. The minimum absolute atomic E-state index is 0.145. The van der Waals surface area contributed by atoms with Crippen molar-refractivity contribution in [2.24, 2.45) is 0 Å². The molecule has 0 aliphatic rings. The zero-order valence-corrected chi connectivity index (χ0v) is 11.8. The van der Waals surface area contributed by atoms with Crippen molar-refractivity contribution < 1.29 is 19.0 Å². The third-order valence-electron chi connectivity index (χ3n) is 2.74. The molecule has 2 aromatic rings. The second kappa shape index (κ2) is 7.14. The lowest BCUT2D eigenvalue weighted by molar-refractivity contribution is 0.155. The lowest BCUT2D eigenvalue weighted by Crippen LogP contribution is -2.14. The molecule has 2 rings (SSSR count). The first-order valence-corrected chi connectivity index (χ1v) is 6.27. The molecule has 1 aromatic heterocycles. The van der Waals surface area contributed by atoms with Crippen LogP contribution in [0.1, 0.15) is 5.56 Å². The molecule has 0 saturated heterocycles.